The molecule has 0 aromatic heterocycles. The topological polar surface area (TPSA) is 120 Å². The van der Waals surface area contributed by atoms with Crippen molar-refractivity contribution in [2.75, 3.05) is 19.5 Å². The fraction of sp³-hybridized carbons (Fsp3) is 0.214. The average Bonchev–Trinajstić information content (AvgIpc) is 2.94. The third-order valence-corrected chi connectivity index (χ3v) is 5.93. The molecule has 10 heteroatoms. The summed E-state index contributed by atoms with van der Waals surface area (Å²) < 4.78 is 15.2. The van der Waals surface area contributed by atoms with Crippen LogP contribution in [-0.2, 0) is 25.7 Å². The van der Waals surface area contributed by atoms with Crippen molar-refractivity contribution >= 4 is 41.0 Å². The molecule has 0 heterocycles. The van der Waals surface area contributed by atoms with Crippen LogP contribution in [0.4, 0.5) is 10.5 Å². The van der Waals surface area contributed by atoms with E-state index in [4.69, 9.17) is 25.8 Å². The molecule has 0 fully saturated rings. The van der Waals surface area contributed by atoms with Crippen molar-refractivity contribution in [2.45, 2.75) is 19.6 Å². The Hall–Kier alpha value is -4.37. The van der Waals surface area contributed by atoms with Gasteiger partial charge in [-0.1, -0.05) is 41.9 Å². The Morgan fingerprint density at radius 1 is 0.921 bits per heavy atom. The van der Waals surface area contributed by atoms with Gasteiger partial charge >= 0.3 is 12.1 Å². The molecule has 3 rings (SSSR count). The predicted octanol–water partition coefficient (Wildman–Crippen LogP) is 4.62. The zero-order chi connectivity index (χ0) is 27.7. The molecular weight excluding hydrogens is 512 g/mol. The van der Waals surface area contributed by atoms with Crippen LogP contribution in [0, 0.1) is 5.92 Å². The van der Waals surface area contributed by atoms with Crippen molar-refractivity contribution in [3.63, 3.8) is 0 Å². The Bertz CT molecular complexity index is 1300. The molecule has 3 aromatic rings. The molecule has 0 aliphatic rings. The number of alkyl carbamates (subject to hydrolysis) is 1. The Morgan fingerprint density at radius 3 is 2.24 bits per heavy atom. The van der Waals surface area contributed by atoms with Gasteiger partial charge in [0.25, 0.3) is 0 Å². The molecule has 0 spiro atoms. The lowest BCUT2D eigenvalue weighted by Gasteiger charge is -2.23. The Labute approximate surface area is 225 Å². The van der Waals surface area contributed by atoms with Gasteiger partial charge in [-0.25, -0.2) is 4.79 Å². The molecule has 0 aliphatic carbocycles. The second-order valence-electron chi connectivity index (χ2n) is 8.23. The molecule has 2 atom stereocenters. The Kier molecular flexibility index (Phi) is 9.84. The number of rotatable bonds is 10. The molecule has 0 radical (unpaired) electrons. The summed E-state index contributed by atoms with van der Waals surface area (Å²) in [6.07, 6.45) is -0.906. The number of nitrogens with one attached hydrogen (secondary N) is 2. The van der Waals surface area contributed by atoms with Crippen LogP contribution in [0.2, 0.25) is 5.02 Å². The first-order valence-corrected chi connectivity index (χ1v) is 12.0. The molecule has 3 aromatic carbocycles. The minimum Gasteiger partial charge on any atom is -0.497 e. The lowest BCUT2D eigenvalue weighted by molar-refractivity contribution is -0.147. The third kappa shape index (κ3) is 7.33. The van der Waals surface area contributed by atoms with Gasteiger partial charge in [0, 0.05) is 16.1 Å². The Morgan fingerprint density at radius 2 is 1.61 bits per heavy atom. The maximum atomic E-state index is 13.3. The smallest absolute Gasteiger partial charge is 0.408 e. The average molecular weight is 539 g/mol. The standard InChI is InChI=1S/C28H27ClN2O7/c1-17(27(34)37-3)24(31-28(35)38-16-18-7-5-4-6-8-18)26(33)30-23-14-13-21(36-2)15-22(23)25(32)19-9-11-20(29)12-10-19/h4-15,17,24H,16H2,1-3H3,(H,30,33)(H,31,35)/t17-,24+/m1/s1. The normalized spacial score (nSPS) is 12.0. The van der Waals surface area contributed by atoms with Crippen LogP contribution in [0.15, 0.2) is 72.8 Å². The maximum absolute atomic E-state index is 13.3. The van der Waals surface area contributed by atoms with Crippen molar-refractivity contribution < 1.29 is 33.4 Å². The lowest BCUT2D eigenvalue weighted by Crippen LogP contribution is -2.50. The first-order valence-electron chi connectivity index (χ1n) is 11.6. The highest BCUT2D eigenvalue weighted by molar-refractivity contribution is 6.30. The van der Waals surface area contributed by atoms with Gasteiger partial charge < -0.3 is 24.8 Å². The van der Waals surface area contributed by atoms with Crippen LogP contribution in [0.3, 0.4) is 0 Å². The predicted molar refractivity (Wildman–Crippen MR) is 141 cm³/mol. The van der Waals surface area contributed by atoms with E-state index < -0.39 is 35.7 Å². The lowest BCUT2D eigenvalue weighted by atomic mass is 9.99. The zero-order valence-electron chi connectivity index (χ0n) is 21.0. The summed E-state index contributed by atoms with van der Waals surface area (Å²) in [5.41, 5.74) is 1.36. The van der Waals surface area contributed by atoms with Gasteiger partial charge in [0.1, 0.15) is 18.4 Å². The molecule has 0 saturated carbocycles. The zero-order valence-corrected chi connectivity index (χ0v) is 21.8. The molecule has 38 heavy (non-hydrogen) atoms. The number of hydrogen-bond acceptors (Lipinski definition) is 7. The summed E-state index contributed by atoms with van der Waals surface area (Å²) in [5.74, 6) is -2.56. The SMILES string of the molecule is COC(=O)[C@H](C)[C@H](NC(=O)OCc1ccccc1)C(=O)Nc1ccc(OC)cc1C(=O)c1ccc(Cl)cc1. The van der Waals surface area contributed by atoms with E-state index >= 15 is 0 Å². The number of benzene rings is 3. The second kappa shape index (κ2) is 13.3. The van der Waals surface area contributed by atoms with Gasteiger partial charge in [-0.15, -0.1) is 0 Å². The molecule has 0 bridgehead atoms. The van der Waals surface area contributed by atoms with Crippen molar-refractivity contribution in [1.82, 2.24) is 5.32 Å². The molecule has 0 saturated heterocycles. The monoisotopic (exact) mass is 538 g/mol. The minimum atomic E-state index is -1.37. The fourth-order valence-electron chi connectivity index (χ4n) is 3.55. The van der Waals surface area contributed by atoms with E-state index in [1.54, 1.807) is 54.6 Å². The van der Waals surface area contributed by atoms with E-state index in [2.05, 4.69) is 10.6 Å². The summed E-state index contributed by atoms with van der Waals surface area (Å²) in [4.78, 5) is 51.4. The summed E-state index contributed by atoms with van der Waals surface area (Å²) >= 11 is 5.94. The Balaban J connectivity index is 1.84. The number of ether oxygens (including phenoxy) is 3. The summed E-state index contributed by atoms with van der Waals surface area (Å²) in [7, 11) is 2.62. The highest BCUT2D eigenvalue weighted by Gasteiger charge is 2.33. The fourth-order valence-corrected chi connectivity index (χ4v) is 3.67. The van der Waals surface area contributed by atoms with E-state index in [9.17, 15) is 19.2 Å². The quantitative estimate of drug-likeness (QED) is 0.285. The van der Waals surface area contributed by atoms with Crippen LogP contribution >= 0.6 is 11.6 Å². The van der Waals surface area contributed by atoms with Gasteiger partial charge in [0.2, 0.25) is 5.91 Å². The van der Waals surface area contributed by atoms with Crippen molar-refractivity contribution in [3.8, 4) is 5.75 Å². The van der Waals surface area contributed by atoms with E-state index in [1.165, 1.54) is 33.3 Å². The van der Waals surface area contributed by atoms with Crippen LogP contribution in [-0.4, -0.2) is 44.0 Å². The molecule has 0 unspecified atom stereocenters. The molecule has 2 N–H and O–H groups in total. The highest BCUT2D eigenvalue weighted by Crippen LogP contribution is 2.26. The largest absolute Gasteiger partial charge is 0.497 e. The number of amides is 2. The maximum Gasteiger partial charge on any atom is 0.408 e. The second-order valence-corrected chi connectivity index (χ2v) is 8.67. The summed E-state index contributed by atoms with van der Waals surface area (Å²) in [5, 5.41) is 5.54. The van der Waals surface area contributed by atoms with Crippen LogP contribution in [0.5, 0.6) is 5.75 Å². The van der Waals surface area contributed by atoms with Gasteiger partial charge in [0.05, 0.1) is 25.8 Å². The number of hydrogen-bond donors (Lipinski definition) is 2. The summed E-state index contributed by atoms with van der Waals surface area (Å²) in [6, 6.07) is 18.4. The van der Waals surface area contributed by atoms with Crippen molar-refractivity contribution in [3.05, 3.63) is 94.5 Å². The van der Waals surface area contributed by atoms with Gasteiger partial charge in [-0.3, -0.25) is 14.4 Å². The molecule has 0 aliphatic heterocycles. The van der Waals surface area contributed by atoms with Crippen molar-refractivity contribution in [2.24, 2.45) is 5.92 Å². The van der Waals surface area contributed by atoms with E-state index in [0.717, 1.165) is 5.56 Å². The van der Waals surface area contributed by atoms with Crippen molar-refractivity contribution in [1.29, 1.82) is 0 Å². The molecule has 2 amide bonds. The molecule has 9 nitrogen and oxygen atoms in total. The number of ketones is 1. The first-order chi connectivity index (χ1) is 18.2. The number of carbonyl (C=O) groups is 4. The van der Waals surface area contributed by atoms with Gasteiger partial charge in [-0.05, 0) is 55.0 Å². The van der Waals surface area contributed by atoms with E-state index in [-0.39, 0.29) is 17.9 Å². The van der Waals surface area contributed by atoms with Crippen LogP contribution in [0.25, 0.3) is 0 Å². The van der Waals surface area contributed by atoms with E-state index in [1.807, 2.05) is 6.07 Å². The van der Waals surface area contributed by atoms with Gasteiger partial charge in [0.15, 0.2) is 5.78 Å². The van der Waals surface area contributed by atoms with Crippen LogP contribution in [0.1, 0.15) is 28.4 Å². The third-order valence-electron chi connectivity index (χ3n) is 5.68. The minimum absolute atomic E-state index is 0.0359. The van der Waals surface area contributed by atoms with E-state index in [0.29, 0.717) is 16.3 Å². The number of halogens is 1. The number of methoxy groups -OCH3 is 2. The molecular formula is C28H27ClN2O7. The highest BCUT2D eigenvalue weighted by atomic mass is 35.5. The van der Waals surface area contributed by atoms with Gasteiger partial charge in [-0.2, -0.15) is 0 Å². The number of esters is 1. The first kappa shape index (κ1) is 28.2. The number of carbonyl (C=O) groups excluding carboxylic acids is 4. The molecule has 198 valence electrons. The number of anilines is 1. The van der Waals surface area contributed by atoms with Crippen LogP contribution < -0.4 is 15.4 Å². The summed E-state index contributed by atoms with van der Waals surface area (Å²) in [6.45, 7) is 1.40.